The second-order valence-corrected chi connectivity index (χ2v) is 3.39. The molecule has 0 aliphatic heterocycles. The van der Waals surface area contributed by atoms with Gasteiger partial charge in [-0.25, -0.2) is 0 Å². The van der Waals surface area contributed by atoms with Crippen molar-refractivity contribution in [1.82, 2.24) is 0 Å². The van der Waals surface area contributed by atoms with Crippen molar-refractivity contribution in [3.05, 3.63) is 28.0 Å². The van der Waals surface area contributed by atoms with Crippen molar-refractivity contribution in [1.29, 1.82) is 0 Å². The zero-order chi connectivity index (χ0) is 6.97. The summed E-state index contributed by atoms with van der Waals surface area (Å²) in [7, 11) is 0. The number of allylic oxidation sites excluding steroid dienone is 1. The number of hydrogen-bond acceptors (Lipinski definition) is 2. The Morgan fingerprint density at radius 2 is 2.40 bits per heavy atom. The maximum atomic E-state index is 5.76. The summed E-state index contributed by atoms with van der Waals surface area (Å²) >= 11 is 1.74. The molecule has 0 bridgehead atoms. The van der Waals surface area contributed by atoms with Gasteiger partial charge in [-0.1, -0.05) is 6.08 Å². The number of nitrogens with two attached hydrogens (primary N) is 1. The van der Waals surface area contributed by atoms with E-state index in [9.17, 15) is 0 Å². The second kappa shape index (κ2) is 2.13. The van der Waals surface area contributed by atoms with E-state index in [1.807, 2.05) is 0 Å². The fourth-order valence-corrected chi connectivity index (χ4v) is 2.17. The molecule has 1 aromatic heterocycles. The van der Waals surface area contributed by atoms with Crippen LogP contribution in [-0.2, 0) is 6.42 Å². The highest BCUT2D eigenvalue weighted by atomic mass is 32.1. The third-order valence-corrected chi connectivity index (χ3v) is 2.79. The Bertz CT molecular complexity index is 273. The Kier molecular flexibility index (Phi) is 1.27. The van der Waals surface area contributed by atoms with E-state index < -0.39 is 0 Å². The molecule has 0 fully saturated rings. The first-order valence-corrected chi connectivity index (χ1v) is 4.28. The SMILES string of the molecule is NC1=CCCc2ccsc21. The van der Waals surface area contributed by atoms with Gasteiger partial charge in [-0.3, -0.25) is 0 Å². The van der Waals surface area contributed by atoms with E-state index in [4.69, 9.17) is 5.73 Å². The van der Waals surface area contributed by atoms with Gasteiger partial charge in [-0.2, -0.15) is 0 Å². The largest absolute Gasteiger partial charge is 0.398 e. The van der Waals surface area contributed by atoms with E-state index in [2.05, 4.69) is 17.5 Å². The van der Waals surface area contributed by atoms with Gasteiger partial charge < -0.3 is 5.73 Å². The van der Waals surface area contributed by atoms with Crippen LogP contribution in [0.3, 0.4) is 0 Å². The Morgan fingerprint density at radius 3 is 3.20 bits per heavy atom. The molecule has 0 atom stereocenters. The quantitative estimate of drug-likeness (QED) is 0.603. The molecule has 1 nitrogen and oxygen atoms in total. The first-order chi connectivity index (χ1) is 4.88. The summed E-state index contributed by atoms with van der Waals surface area (Å²) in [6, 6.07) is 2.17. The van der Waals surface area contributed by atoms with E-state index in [0.717, 1.165) is 12.1 Å². The standard InChI is InChI=1S/C8H9NS/c9-7-3-1-2-6-4-5-10-8(6)7/h3-5H,1-2,9H2. The maximum Gasteiger partial charge on any atom is 0.0528 e. The lowest BCUT2D eigenvalue weighted by molar-refractivity contribution is 0.985. The van der Waals surface area contributed by atoms with Crippen LogP contribution in [-0.4, -0.2) is 0 Å². The number of aryl methyl sites for hydroxylation is 1. The predicted octanol–water partition coefficient (Wildman–Crippen LogP) is 1.99. The van der Waals surface area contributed by atoms with Gasteiger partial charge in [0, 0.05) is 5.70 Å². The highest BCUT2D eigenvalue weighted by Gasteiger charge is 2.09. The first-order valence-electron chi connectivity index (χ1n) is 3.40. The third kappa shape index (κ3) is 0.762. The molecule has 0 unspecified atom stereocenters. The van der Waals surface area contributed by atoms with Gasteiger partial charge in [0.15, 0.2) is 0 Å². The molecule has 0 aromatic carbocycles. The molecule has 0 saturated heterocycles. The van der Waals surface area contributed by atoms with Crippen LogP contribution in [0.1, 0.15) is 16.9 Å². The summed E-state index contributed by atoms with van der Waals surface area (Å²) in [6.07, 6.45) is 4.38. The molecule has 1 aliphatic rings. The molecule has 1 aromatic rings. The van der Waals surface area contributed by atoms with Gasteiger partial charge >= 0.3 is 0 Å². The van der Waals surface area contributed by atoms with Crippen LogP contribution in [0.2, 0.25) is 0 Å². The van der Waals surface area contributed by atoms with Crippen LogP contribution in [0.5, 0.6) is 0 Å². The molecule has 0 amide bonds. The Labute approximate surface area is 64.2 Å². The second-order valence-electron chi connectivity index (χ2n) is 2.47. The zero-order valence-corrected chi connectivity index (χ0v) is 6.45. The van der Waals surface area contributed by atoms with E-state index in [0.29, 0.717) is 0 Å². The van der Waals surface area contributed by atoms with Crippen LogP contribution < -0.4 is 5.73 Å². The topological polar surface area (TPSA) is 26.0 Å². The number of rotatable bonds is 0. The molecule has 0 saturated carbocycles. The van der Waals surface area contributed by atoms with Crippen LogP contribution in [0.25, 0.3) is 5.70 Å². The van der Waals surface area contributed by atoms with Crippen LogP contribution in [0, 0.1) is 0 Å². The smallest absolute Gasteiger partial charge is 0.0528 e. The normalized spacial score (nSPS) is 16.2. The molecule has 2 heteroatoms. The van der Waals surface area contributed by atoms with Crippen molar-refractivity contribution < 1.29 is 0 Å². The number of hydrogen-bond donors (Lipinski definition) is 1. The molecule has 1 aliphatic carbocycles. The minimum absolute atomic E-state index is 0.969. The van der Waals surface area contributed by atoms with E-state index >= 15 is 0 Å². The van der Waals surface area contributed by atoms with Crippen molar-refractivity contribution >= 4 is 17.0 Å². The summed E-state index contributed by atoms with van der Waals surface area (Å²) in [5, 5.41) is 2.11. The van der Waals surface area contributed by atoms with Gasteiger partial charge in [-0.05, 0) is 29.9 Å². The molecule has 2 rings (SSSR count). The number of fused-ring (bicyclic) bond motifs is 1. The summed E-state index contributed by atoms with van der Waals surface area (Å²) in [4.78, 5) is 1.28. The van der Waals surface area contributed by atoms with Crippen LogP contribution in [0.15, 0.2) is 17.5 Å². The molecule has 0 spiro atoms. The molecule has 0 radical (unpaired) electrons. The predicted molar refractivity (Wildman–Crippen MR) is 44.8 cm³/mol. The molecule has 2 N–H and O–H groups in total. The Hall–Kier alpha value is -0.760. The van der Waals surface area contributed by atoms with E-state index in [1.165, 1.54) is 16.9 Å². The van der Waals surface area contributed by atoms with Gasteiger partial charge in [0.05, 0.1) is 4.88 Å². The van der Waals surface area contributed by atoms with Gasteiger partial charge in [-0.15, -0.1) is 11.3 Å². The van der Waals surface area contributed by atoms with Gasteiger partial charge in [0.25, 0.3) is 0 Å². The summed E-state index contributed by atoms with van der Waals surface area (Å²) in [5.74, 6) is 0. The Morgan fingerprint density at radius 1 is 1.50 bits per heavy atom. The van der Waals surface area contributed by atoms with Crippen molar-refractivity contribution in [2.45, 2.75) is 12.8 Å². The highest BCUT2D eigenvalue weighted by Crippen LogP contribution is 2.27. The third-order valence-electron chi connectivity index (χ3n) is 1.79. The van der Waals surface area contributed by atoms with Crippen molar-refractivity contribution in [2.75, 3.05) is 0 Å². The molecular weight excluding hydrogens is 142 g/mol. The lowest BCUT2D eigenvalue weighted by Crippen LogP contribution is -2.01. The van der Waals surface area contributed by atoms with Crippen molar-refractivity contribution in [3.63, 3.8) is 0 Å². The zero-order valence-electron chi connectivity index (χ0n) is 5.63. The minimum Gasteiger partial charge on any atom is -0.398 e. The summed E-state index contributed by atoms with van der Waals surface area (Å²) in [6.45, 7) is 0. The maximum absolute atomic E-state index is 5.76. The molecular formula is C8H9NS. The summed E-state index contributed by atoms with van der Waals surface area (Å²) < 4.78 is 0. The van der Waals surface area contributed by atoms with Gasteiger partial charge in [0.2, 0.25) is 0 Å². The first kappa shape index (κ1) is 5.98. The van der Waals surface area contributed by atoms with E-state index in [-0.39, 0.29) is 0 Å². The lowest BCUT2D eigenvalue weighted by atomic mass is 10.0. The highest BCUT2D eigenvalue weighted by molar-refractivity contribution is 7.11. The van der Waals surface area contributed by atoms with Gasteiger partial charge in [0.1, 0.15) is 0 Å². The van der Waals surface area contributed by atoms with Crippen molar-refractivity contribution in [3.8, 4) is 0 Å². The van der Waals surface area contributed by atoms with Crippen molar-refractivity contribution in [2.24, 2.45) is 5.73 Å². The Balaban J connectivity index is 2.55. The minimum atomic E-state index is 0.969. The van der Waals surface area contributed by atoms with Crippen LogP contribution >= 0.6 is 11.3 Å². The monoisotopic (exact) mass is 151 g/mol. The molecule has 52 valence electrons. The number of thiophene rings is 1. The average Bonchev–Trinajstić information content (AvgIpc) is 2.36. The molecule has 1 heterocycles. The average molecular weight is 151 g/mol. The van der Waals surface area contributed by atoms with Crippen LogP contribution in [0.4, 0.5) is 0 Å². The van der Waals surface area contributed by atoms with E-state index in [1.54, 1.807) is 11.3 Å². The lowest BCUT2D eigenvalue weighted by Gasteiger charge is -2.07. The fraction of sp³-hybridized carbons (Fsp3) is 0.250. The fourth-order valence-electron chi connectivity index (χ4n) is 1.26. The summed E-state index contributed by atoms with van der Waals surface area (Å²) in [5.41, 5.74) is 8.15. The molecule has 10 heavy (non-hydrogen) atoms.